The monoisotopic (exact) mass is 290 g/mol. The molecule has 3 heteroatoms. The Hall–Kier alpha value is -0.990. The van der Waals surface area contributed by atoms with Crippen LogP contribution in [0.1, 0.15) is 32.6 Å². The van der Waals surface area contributed by atoms with Crippen LogP contribution in [0.15, 0.2) is 30.5 Å². The van der Waals surface area contributed by atoms with Crippen molar-refractivity contribution in [2.24, 2.45) is 5.92 Å². The second kappa shape index (κ2) is 6.19. The van der Waals surface area contributed by atoms with Gasteiger partial charge in [-0.3, -0.25) is 0 Å². The van der Waals surface area contributed by atoms with Crippen molar-refractivity contribution in [1.29, 1.82) is 0 Å². The molecule has 1 aliphatic rings. The Balaban J connectivity index is 1.56. The van der Waals surface area contributed by atoms with Crippen LogP contribution in [0.2, 0.25) is 5.02 Å². The molecule has 0 radical (unpaired) electrons. The third kappa shape index (κ3) is 3.02. The van der Waals surface area contributed by atoms with Crippen molar-refractivity contribution < 1.29 is 0 Å². The summed E-state index contributed by atoms with van der Waals surface area (Å²) in [6.07, 6.45) is 7.56. The number of rotatable bonds is 4. The molecular weight excluding hydrogens is 268 g/mol. The minimum absolute atomic E-state index is 0.719. The molecule has 2 nitrogen and oxygen atoms in total. The second-order valence-electron chi connectivity index (χ2n) is 6.09. The molecule has 0 unspecified atom stereocenters. The van der Waals surface area contributed by atoms with Crippen molar-refractivity contribution >= 4 is 22.5 Å². The minimum atomic E-state index is 0.719. The van der Waals surface area contributed by atoms with Crippen molar-refractivity contribution in [2.75, 3.05) is 6.54 Å². The SMILES string of the molecule is CC1CCC(NCCn2ccc3c(Cl)cccc32)CC1. The Kier molecular flexibility index (Phi) is 4.32. The smallest absolute Gasteiger partial charge is 0.0499 e. The molecule has 108 valence electrons. The number of hydrogen-bond acceptors (Lipinski definition) is 1. The van der Waals surface area contributed by atoms with Crippen LogP contribution in [0.3, 0.4) is 0 Å². The third-order valence-electron chi connectivity index (χ3n) is 4.56. The fraction of sp³-hybridized carbons (Fsp3) is 0.529. The predicted octanol–water partition coefficient (Wildman–Crippen LogP) is 4.46. The van der Waals surface area contributed by atoms with Crippen LogP contribution >= 0.6 is 11.6 Å². The summed E-state index contributed by atoms with van der Waals surface area (Å²) in [4.78, 5) is 0. The molecular formula is C17H23ClN2. The Morgan fingerprint density at radius 3 is 2.80 bits per heavy atom. The van der Waals surface area contributed by atoms with Crippen LogP contribution in [0.25, 0.3) is 10.9 Å². The Labute approximate surface area is 126 Å². The van der Waals surface area contributed by atoms with E-state index in [2.05, 4.69) is 35.1 Å². The molecule has 1 aromatic heterocycles. The summed E-state index contributed by atoms with van der Waals surface area (Å²) in [7, 11) is 0. The lowest BCUT2D eigenvalue weighted by Gasteiger charge is -2.27. The van der Waals surface area contributed by atoms with Gasteiger partial charge < -0.3 is 9.88 Å². The van der Waals surface area contributed by atoms with Gasteiger partial charge in [-0.2, -0.15) is 0 Å². The first-order valence-electron chi connectivity index (χ1n) is 7.71. The molecule has 1 N–H and O–H groups in total. The summed E-state index contributed by atoms with van der Waals surface area (Å²) in [5.74, 6) is 0.920. The second-order valence-corrected chi connectivity index (χ2v) is 6.50. The van der Waals surface area contributed by atoms with Gasteiger partial charge in [0.25, 0.3) is 0 Å². The van der Waals surface area contributed by atoms with E-state index in [1.54, 1.807) is 0 Å². The van der Waals surface area contributed by atoms with Crippen molar-refractivity contribution in [2.45, 2.75) is 45.2 Å². The van der Waals surface area contributed by atoms with Gasteiger partial charge >= 0.3 is 0 Å². The molecule has 0 bridgehead atoms. The Bertz CT molecular complexity index is 567. The number of nitrogens with one attached hydrogen (secondary N) is 1. The molecule has 0 aliphatic heterocycles. The van der Waals surface area contributed by atoms with Gasteiger partial charge in [-0.05, 0) is 49.8 Å². The van der Waals surface area contributed by atoms with Crippen molar-refractivity contribution in [3.8, 4) is 0 Å². The molecule has 1 saturated carbocycles. The first kappa shape index (κ1) is 14.0. The van der Waals surface area contributed by atoms with Crippen molar-refractivity contribution in [3.05, 3.63) is 35.5 Å². The van der Waals surface area contributed by atoms with Crippen LogP contribution in [0, 0.1) is 5.92 Å². The first-order chi connectivity index (χ1) is 9.74. The average Bonchev–Trinajstić information content (AvgIpc) is 2.86. The lowest BCUT2D eigenvalue weighted by molar-refractivity contribution is 0.305. The number of halogens is 1. The van der Waals surface area contributed by atoms with E-state index in [0.717, 1.165) is 35.5 Å². The molecule has 1 aliphatic carbocycles. The molecule has 1 aromatic carbocycles. The van der Waals surface area contributed by atoms with Crippen LogP contribution in [0.4, 0.5) is 0 Å². The number of aromatic nitrogens is 1. The standard InChI is InChI=1S/C17H23ClN2/c1-13-5-7-14(8-6-13)19-10-12-20-11-9-15-16(18)3-2-4-17(15)20/h2-4,9,11,13-14,19H,5-8,10,12H2,1H3. The quantitative estimate of drug-likeness (QED) is 0.879. The van der Waals surface area contributed by atoms with Gasteiger partial charge in [0, 0.05) is 41.3 Å². The average molecular weight is 291 g/mol. The fourth-order valence-corrected chi connectivity index (χ4v) is 3.47. The van der Waals surface area contributed by atoms with Crippen LogP contribution in [-0.2, 0) is 6.54 Å². The van der Waals surface area contributed by atoms with E-state index in [9.17, 15) is 0 Å². The number of fused-ring (bicyclic) bond motifs is 1. The Morgan fingerprint density at radius 2 is 2.00 bits per heavy atom. The van der Waals surface area contributed by atoms with Gasteiger partial charge in [0.1, 0.15) is 0 Å². The normalized spacial score (nSPS) is 23.3. The van der Waals surface area contributed by atoms with E-state index in [4.69, 9.17) is 11.6 Å². The molecule has 1 heterocycles. The van der Waals surface area contributed by atoms with Crippen molar-refractivity contribution in [1.82, 2.24) is 9.88 Å². The highest BCUT2D eigenvalue weighted by Crippen LogP contribution is 2.25. The fourth-order valence-electron chi connectivity index (χ4n) is 3.23. The van der Waals surface area contributed by atoms with Gasteiger partial charge in [0.15, 0.2) is 0 Å². The van der Waals surface area contributed by atoms with Gasteiger partial charge in [0.2, 0.25) is 0 Å². The topological polar surface area (TPSA) is 17.0 Å². The van der Waals surface area contributed by atoms with Crippen LogP contribution in [-0.4, -0.2) is 17.2 Å². The molecule has 2 aromatic rings. The molecule has 1 fully saturated rings. The maximum absolute atomic E-state index is 6.21. The molecule has 0 atom stereocenters. The summed E-state index contributed by atoms with van der Waals surface area (Å²) in [5, 5.41) is 5.70. The first-order valence-corrected chi connectivity index (χ1v) is 8.08. The van der Waals surface area contributed by atoms with Crippen molar-refractivity contribution in [3.63, 3.8) is 0 Å². The van der Waals surface area contributed by atoms with Crippen LogP contribution in [0.5, 0.6) is 0 Å². The van der Waals surface area contributed by atoms with E-state index >= 15 is 0 Å². The third-order valence-corrected chi connectivity index (χ3v) is 4.89. The van der Waals surface area contributed by atoms with E-state index in [-0.39, 0.29) is 0 Å². The minimum Gasteiger partial charge on any atom is -0.346 e. The highest BCUT2D eigenvalue weighted by Gasteiger charge is 2.17. The van der Waals surface area contributed by atoms with E-state index < -0.39 is 0 Å². The van der Waals surface area contributed by atoms with E-state index in [1.165, 1.54) is 31.2 Å². The molecule has 0 spiro atoms. The summed E-state index contributed by atoms with van der Waals surface area (Å²) < 4.78 is 2.29. The lowest BCUT2D eigenvalue weighted by atomic mass is 9.87. The number of benzene rings is 1. The number of nitrogens with zero attached hydrogens (tertiary/aromatic N) is 1. The lowest BCUT2D eigenvalue weighted by Crippen LogP contribution is -2.34. The highest BCUT2D eigenvalue weighted by atomic mass is 35.5. The molecule has 20 heavy (non-hydrogen) atoms. The molecule has 3 rings (SSSR count). The van der Waals surface area contributed by atoms with Gasteiger partial charge in [-0.25, -0.2) is 0 Å². The predicted molar refractivity (Wildman–Crippen MR) is 86.4 cm³/mol. The van der Waals surface area contributed by atoms with Gasteiger partial charge in [-0.1, -0.05) is 24.6 Å². The maximum atomic E-state index is 6.21. The summed E-state index contributed by atoms with van der Waals surface area (Å²) in [6.45, 7) is 4.41. The zero-order valence-electron chi connectivity index (χ0n) is 12.1. The molecule has 0 saturated heterocycles. The zero-order chi connectivity index (χ0) is 13.9. The van der Waals surface area contributed by atoms with Gasteiger partial charge in [0.05, 0.1) is 0 Å². The van der Waals surface area contributed by atoms with E-state index in [1.807, 2.05) is 12.1 Å². The van der Waals surface area contributed by atoms with E-state index in [0.29, 0.717) is 0 Å². The zero-order valence-corrected chi connectivity index (χ0v) is 12.9. The summed E-state index contributed by atoms with van der Waals surface area (Å²) in [6, 6.07) is 8.95. The summed E-state index contributed by atoms with van der Waals surface area (Å²) >= 11 is 6.21. The van der Waals surface area contributed by atoms with Crippen LogP contribution < -0.4 is 5.32 Å². The summed E-state index contributed by atoms with van der Waals surface area (Å²) in [5.41, 5.74) is 1.23. The largest absolute Gasteiger partial charge is 0.346 e. The highest BCUT2D eigenvalue weighted by molar-refractivity contribution is 6.35. The maximum Gasteiger partial charge on any atom is 0.0499 e. The number of hydrogen-bond donors (Lipinski definition) is 1. The Morgan fingerprint density at radius 1 is 1.20 bits per heavy atom. The van der Waals surface area contributed by atoms with Gasteiger partial charge in [-0.15, -0.1) is 0 Å². The molecule has 0 amide bonds.